The fraction of sp³-hybridized carbons (Fsp3) is 0.680. The molecular formula is C25H43NO2SSi. The first kappa shape index (κ1) is 26.8. The third-order valence-corrected chi connectivity index (χ3v) is 8.25. The number of allylic oxidation sites excluding steroid dienone is 3. The molecule has 1 aromatic rings. The number of unbranched alkanes of at least 4 members (excludes halogenated alkanes) is 8. The Bertz CT molecular complexity index is 637. The van der Waals surface area contributed by atoms with Crippen LogP contribution >= 0.6 is 11.3 Å². The lowest BCUT2D eigenvalue weighted by Gasteiger charge is -2.22. The van der Waals surface area contributed by atoms with Gasteiger partial charge in [0.05, 0.1) is 10.7 Å². The van der Waals surface area contributed by atoms with Crippen molar-refractivity contribution in [2.45, 2.75) is 110 Å². The van der Waals surface area contributed by atoms with E-state index in [-0.39, 0.29) is 5.97 Å². The number of thiazole rings is 1. The van der Waals surface area contributed by atoms with Crippen LogP contribution in [-0.4, -0.2) is 19.3 Å². The average Bonchev–Trinajstić information content (AvgIpc) is 3.11. The molecule has 0 radical (unpaired) electrons. The van der Waals surface area contributed by atoms with Gasteiger partial charge in [-0.2, -0.15) is 0 Å². The van der Waals surface area contributed by atoms with Gasteiger partial charge in [0.1, 0.15) is 0 Å². The van der Waals surface area contributed by atoms with Crippen molar-refractivity contribution in [2.24, 2.45) is 0 Å². The van der Waals surface area contributed by atoms with Crippen LogP contribution in [0.5, 0.6) is 0 Å². The molecule has 30 heavy (non-hydrogen) atoms. The van der Waals surface area contributed by atoms with E-state index in [1.807, 2.05) is 6.92 Å². The predicted molar refractivity (Wildman–Crippen MR) is 134 cm³/mol. The van der Waals surface area contributed by atoms with Crippen LogP contribution in [0.25, 0.3) is 6.08 Å². The van der Waals surface area contributed by atoms with Crippen LogP contribution in [0.15, 0.2) is 23.6 Å². The maximum atomic E-state index is 12.0. The second-order valence-electron chi connectivity index (χ2n) is 8.74. The van der Waals surface area contributed by atoms with Crippen LogP contribution in [0.4, 0.5) is 0 Å². The number of carbonyl (C=O) groups is 1. The van der Waals surface area contributed by atoms with Crippen LogP contribution in [-0.2, 0) is 9.22 Å². The summed E-state index contributed by atoms with van der Waals surface area (Å²) in [6.45, 7) is 8.55. The van der Waals surface area contributed by atoms with Crippen LogP contribution in [0.1, 0.15) is 94.7 Å². The number of aryl methyl sites for hydroxylation is 1. The molecule has 0 amide bonds. The lowest BCUT2D eigenvalue weighted by Crippen LogP contribution is -2.33. The largest absolute Gasteiger partial charge is 0.520 e. The summed E-state index contributed by atoms with van der Waals surface area (Å²) in [5.74, 6) is 0.0319. The van der Waals surface area contributed by atoms with Crippen molar-refractivity contribution in [2.75, 3.05) is 0 Å². The maximum absolute atomic E-state index is 12.0. The van der Waals surface area contributed by atoms with Crippen molar-refractivity contribution in [3.63, 3.8) is 0 Å². The molecule has 0 saturated carbocycles. The minimum atomic E-state index is -1.77. The minimum absolute atomic E-state index is 0.0319. The standard InChI is InChI=1S/C25H43NO2SSi/c1-5-6-21-30(3,4)28-25(27)20-18-16-14-12-10-8-7-9-11-13-15-17-19-24-22-29-23(2)26-24/h9,11,17,19,22H,5-8,10,12-16,18,20-21H2,1-4H3. The first-order valence-electron chi connectivity index (χ1n) is 11.9. The smallest absolute Gasteiger partial charge is 0.292 e. The Morgan fingerprint density at radius 1 is 1.00 bits per heavy atom. The van der Waals surface area contributed by atoms with E-state index in [0.29, 0.717) is 6.42 Å². The minimum Gasteiger partial charge on any atom is -0.520 e. The second kappa shape index (κ2) is 16.5. The van der Waals surface area contributed by atoms with Gasteiger partial charge in [-0.05, 0) is 64.2 Å². The Labute approximate surface area is 190 Å². The molecule has 0 bridgehead atoms. The lowest BCUT2D eigenvalue weighted by atomic mass is 10.1. The third kappa shape index (κ3) is 14.7. The van der Waals surface area contributed by atoms with Gasteiger partial charge in [0.2, 0.25) is 8.32 Å². The van der Waals surface area contributed by atoms with Crippen LogP contribution in [0.2, 0.25) is 19.1 Å². The molecule has 0 aliphatic heterocycles. The van der Waals surface area contributed by atoms with Crippen LogP contribution in [0, 0.1) is 6.92 Å². The monoisotopic (exact) mass is 449 g/mol. The van der Waals surface area contributed by atoms with Gasteiger partial charge in [0.15, 0.2) is 0 Å². The molecule has 0 aliphatic carbocycles. The fourth-order valence-electron chi connectivity index (χ4n) is 3.34. The summed E-state index contributed by atoms with van der Waals surface area (Å²) in [6.07, 6.45) is 22.4. The lowest BCUT2D eigenvalue weighted by molar-refractivity contribution is -0.135. The Morgan fingerprint density at radius 2 is 1.67 bits per heavy atom. The summed E-state index contributed by atoms with van der Waals surface area (Å²) in [4.78, 5) is 16.4. The molecule has 0 N–H and O–H groups in total. The molecule has 3 nitrogen and oxygen atoms in total. The number of hydrogen-bond donors (Lipinski definition) is 0. The first-order valence-corrected chi connectivity index (χ1v) is 15.9. The van der Waals surface area contributed by atoms with Crippen molar-refractivity contribution in [3.05, 3.63) is 34.3 Å². The summed E-state index contributed by atoms with van der Waals surface area (Å²) in [7, 11) is -1.77. The Hall–Kier alpha value is -1.20. The summed E-state index contributed by atoms with van der Waals surface area (Å²) < 4.78 is 5.76. The molecule has 170 valence electrons. The van der Waals surface area contributed by atoms with Gasteiger partial charge in [-0.25, -0.2) is 4.98 Å². The fourth-order valence-corrected chi connectivity index (χ4v) is 5.95. The number of rotatable bonds is 17. The highest BCUT2D eigenvalue weighted by Crippen LogP contribution is 2.17. The molecule has 0 atom stereocenters. The topological polar surface area (TPSA) is 39.2 Å². The Kier molecular flexibility index (Phi) is 14.7. The Balaban J connectivity index is 1.90. The first-order chi connectivity index (χ1) is 14.4. The van der Waals surface area contributed by atoms with E-state index in [1.165, 1.54) is 44.9 Å². The molecule has 1 aromatic heterocycles. The number of hydrogen-bond acceptors (Lipinski definition) is 4. The highest BCUT2D eigenvalue weighted by Gasteiger charge is 2.25. The summed E-state index contributed by atoms with van der Waals surface area (Å²) >= 11 is 1.70. The zero-order valence-corrected chi connectivity index (χ0v) is 21.6. The highest BCUT2D eigenvalue weighted by atomic mass is 32.1. The second-order valence-corrected chi connectivity index (χ2v) is 14.0. The zero-order valence-electron chi connectivity index (χ0n) is 19.8. The molecule has 0 fully saturated rings. The van der Waals surface area contributed by atoms with Crippen molar-refractivity contribution in [1.29, 1.82) is 0 Å². The quantitative estimate of drug-likeness (QED) is 0.136. The van der Waals surface area contributed by atoms with Crippen LogP contribution in [0.3, 0.4) is 0 Å². The summed E-state index contributed by atoms with van der Waals surface area (Å²) in [5.41, 5.74) is 1.08. The third-order valence-electron chi connectivity index (χ3n) is 5.12. The molecule has 1 rings (SSSR count). The highest BCUT2D eigenvalue weighted by molar-refractivity contribution is 7.09. The molecular weight excluding hydrogens is 406 g/mol. The van der Waals surface area contributed by atoms with Crippen molar-refractivity contribution >= 4 is 31.7 Å². The number of nitrogens with zero attached hydrogens (tertiary/aromatic N) is 1. The van der Waals surface area contributed by atoms with Gasteiger partial charge in [0, 0.05) is 11.8 Å². The van der Waals surface area contributed by atoms with E-state index in [9.17, 15) is 4.79 Å². The number of aromatic nitrogens is 1. The molecule has 5 heteroatoms. The van der Waals surface area contributed by atoms with E-state index in [1.54, 1.807) is 11.3 Å². The van der Waals surface area contributed by atoms with Gasteiger partial charge in [0.25, 0.3) is 5.97 Å². The molecule has 0 saturated heterocycles. The SMILES string of the molecule is CCCC[Si](C)(C)OC(=O)CCCCCCCCC=CCCC=Cc1csc(C)n1. The van der Waals surface area contributed by atoms with E-state index >= 15 is 0 Å². The van der Waals surface area contributed by atoms with Crippen molar-refractivity contribution < 1.29 is 9.22 Å². The molecule has 0 aromatic carbocycles. The van der Waals surface area contributed by atoms with Gasteiger partial charge in [-0.1, -0.05) is 63.7 Å². The van der Waals surface area contributed by atoms with E-state index in [4.69, 9.17) is 4.43 Å². The maximum Gasteiger partial charge on any atom is 0.292 e. The van der Waals surface area contributed by atoms with Crippen LogP contribution < -0.4 is 0 Å². The van der Waals surface area contributed by atoms with E-state index < -0.39 is 8.32 Å². The zero-order chi connectivity index (χ0) is 22.1. The summed E-state index contributed by atoms with van der Waals surface area (Å²) in [6, 6.07) is 1.09. The molecule has 0 unspecified atom stereocenters. The summed E-state index contributed by atoms with van der Waals surface area (Å²) in [5, 5.41) is 3.23. The Morgan fingerprint density at radius 3 is 2.37 bits per heavy atom. The van der Waals surface area contributed by atoms with Gasteiger partial charge in [-0.3, -0.25) is 4.79 Å². The molecule has 1 heterocycles. The van der Waals surface area contributed by atoms with E-state index in [2.05, 4.69) is 54.7 Å². The average molecular weight is 450 g/mol. The molecule has 0 spiro atoms. The normalized spacial score (nSPS) is 12.3. The van der Waals surface area contributed by atoms with Crippen molar-refractivity contribution in [1.82, 2.24) is 4.98 Å². The van der Waals surface area contributed by atoms with E-state index in [0.717, 1.165) is 42.4 Å². The number of carbonyl (C=O) groups excluding carboxylic acids is 1. The molecule has 0 aliphatic rings. The van der Waals surface area contributed by atoms with Gasteiger partial charge < -0.3 is 4.43 Å². The van der Waals surface area contributed by atoms with Crippen molar-refractivity contribution in [3.8, 4) is 0 Å². The van der Waals surface area contributed by atoms with Gasteiger partial charge in [-0.15, -0.1) is 11.3 Å². The van der Waals surface area contributed by atoms with Gasteiger partial charge >= 0.3 is 0 Å². The predicted octanol–water partition coefficient (Wildman–Crippen LogP) is 8.47.